The summed E-state index contributed by atoms with van der Waals surface area (Å²) in [5, 5.41) is 3.23. The van der Waals surface area contributed by atoms with Crippen LogP contribution >= 0.6 is 0 Å². The third kappa shape index (κ3) is 3.85. The molecule has 2 heteroatoms. The molecule has 0 spiro atoms. The monoisotopic (exact) mass is 179 g/mol. The summed E-state index contributed by atoms with van der Waals surface area (Å²) in [4.78, 5) is 0. The van der Waals surface area contributed by atoms with Crippen molar-refractivity contribution < 1.29 is 4.39 Å². The van der Waals surface area contributed by atoms with E-state index in [0.29, 0.717) is 0 Å². The van der Waals surface area contributed by atoms with Crippen LogP contribution in [0.25, 0.3) is 0 Å². The molecule has 1 aromatic carbocycles. The molecule has 1 aromatic rings. The number of hydrogen-bond acceptors (Lipinski definition) is 1. The van der Waals surface area contributed by atoms with Gasteiger partial charge in [-0.1, -0.05) is 18.2 Å². The van der Waals surface area contributed by atoms with E-state index in [1.807, 2.05) is 6.08 Å². The van der Waals surface area contributed by atoms with E-state index in [-0.39, 0.29) is 5.82 Å². The molecule has 0 amide bonds. The fraction of sp³-hybridized carbons (Fsp3) is 0.273. The van der Waals surface area contributed by atoms with Gasteiger partial charge in [0.1, 0.15) is 5.82 Å². The predicted octanol–water partition coefficient (Wildman–Crippen LogP) is 2.49. The van der Waals surface area contributed by atoms with Gasteiger partial charge in [0, 0.05) is 6.54 Å². The molecule has 0 aliphatic heterocycles. The lowest BCUT2D eigenvalue weighted by Crippen LogP contribution is -2.13. The van der Waals surface area contributed by atoms with Gasteiger partial charge in [0.05, 0.1) is 0 Å². The maximum absolute atomic E-state index is 12.5. The van der Waals surface area contributed by atoms with E-state index < -0.39 is 0 Å². The molecule has 0 saturated heterocycles. The van der Waals surface area contributed by atoms with Crippen molar-refractivity contribution in [2.24, 2.45) is 0 Å². The average molecular weight is 179 g/mol. The molecule has 0 aliphatic carbocycles. The lowest BCUT2D eigenvalue weighted by atomic mass is 10.2. The van der Waals surface area contributed by atoms with Crippen molar-refractivity contribution in [1.29, 1.82) is 0 Å². The molecule has 0 aromatic heterocycles. The van der Waals surface area contributed by atoms with Crippen molar-refractivity contribution in [3.63, 3.8) is 0 Å². The van der Waals surface area contributed by atoms with E-state index in [1.165, 1.54) is 12.1 Å². The van der Waals surface area contributed by atoms with Crippen molar-refractivity contribution in [1.82, 2.24) is 5.32 Å². The largest absolute Gasteiger partial charge is 0.312 e. The molecule has 0 bridgehead atoms. The van der Waals surface area contributed by atoms with Crippen molar-refractivity contribution in [3.05, 3.63) is 48.3 Å². The molecule has 0 fully saturated rings. The van der Waals surface area contributed by atoms with E-state index in [2.05, 4.69) is 11.9 Å². The van der Waals surface area contributed by atoms with Crippen LogP contribution in [0.1, 0.15) is 12.0 Å². The standard InChI is InChI=1S/C11H14FN/c1-2-3-8-13-9-10-4-6-11(12)7-5-10/h2,4-7,13H,1,3,8-9H2. The van der Waals surface area contributed by atoms with Crippen LogP contribution in [0, 0.1) is 5.82 Å². The Kier molecular flexibility index (Phi) is 4.19. The Balaban J connectivity index is 2.28. The Hall–Kier alpha value is -1.15. The Bertz CT molecular complexity index is 253. The van der Waals surface area contributed by atoms with Crippen LogP contribution in [0.3, 0.4) is 0 Å². The third-order valence-corrected chi connectivity index (χ3v) is 1.77. The summed E-state index contributed by atoms with van der Waals surface area (Å²) in [6.07, 6.45) is 2.83. The lowest BCUT2D eigenvalue weighted by Gasteiger charge is -2.02. The van der Waals surface area contributed by atoms with Crippen LogP contribution in [0.15, 0.2) is 36.9 Å². The lowest BCUT2D eigenvalue weighted by molar-refractivity contribution is 0.625. The SMILES string of the molecule is C=CCCNCc1ccc(F)cc1. The van der Waals surface area contributed by atoms with E-state index in [1.54, 1.807) is 12.1 Å². The van der Waals surface area contributed by atoms with Gasteiger partial charge in [0.25, 0.3) is 0 Å². The van der Waals surface area contributed by atoms with Crippen LogP contribution in [0.5, 0.6) is 0 Å². The summed E-state index contributed by atoms with van der Waals surface area (Å²) in [6.45, 7) is 5.33. The second kappa shape index (κ2) is 5.49. The third-order valence-electron chi connectivity index (χ3n) is 1.77. The minimum Gasteiger partial charge on any atom is -0.312 e. The maximum Gasteiger partial charge on any atom is 0.123 e. The van der Waals surface area contributed by atoms with Gasteiger partial charge in [-0.2, -0.15) is 0 Å². The highest BCUT2D eigenvalue weighted by Gasteiger charge is 1.92. The van der Waals surface area contributed by atoms with Gasteiger partial charge in [-0.05, 0) is 30.7 Å². The van der Waals surface area contributed by atoms with Crippen LogP contribution in [-0.2, 0) is 6.54 Å². The smallest absolute Gasteiger partial charge is 0.123 e. The molecule has 0 atom stereocenters. The summed E-state index contributed by atoms with van der Waals surface area (Å²) < 4.78 is 12.5. The molecule has 0 saturated carbocycles. The summed E-state index contributed by atoms with van der Waals surface area (Å²) in [6, 6.07) is 6.53. The van der Waals surface area contributed by atoms with Gasteiger partial charge in [0.15, 0.2) is 0 Å². The molecule has 1 N–H and O–H groups in total. The van der Waals surface area contributed by atoms with E-state index in [4.69, 9.17) is 0 Å². The number of nitrogens with one attached hydrogen (secondary N) is 1. The number of hydrogen-bond donors (Lipinski definition) is 1. The first kappa shape index (κ1) is 9.93. The van der Waals surface area contributed by atoms with E-state index >= 15 is 0 Å². The van der Waals surface area contributed by atoms with Crippen LogP contribution < -0.4 is 5.32 Å². The van der Waals surface area contributed by atoms with Crippen molar-refractivity contribution >= 4 is 0 Å². The molecule has 70 valence electrons. The van der Waals surface area contributed by atoms with Crippen LogP contribution in [0.4, 0.5) is 4.39 Å². The van der Waals surface area contributed by atoms with Crippen molar-refractivity contribution in [3.8, 4) is 0 Å². The van der Waals surface area contributed by atoms with Gasteiger partial charge in [-0.15, -0.1) is 6.58 Å². The molecule has 0 aliphatic rings. The zero-order valence-electron chi connectivity index (χ0n) is 7.59. The zero-order chi connectivity index (χ0) is 9.52. The van der Waals surface area contributed by atoms with Gasteiger partial charge < -0.3 is 5.32 Å². The summed E-state index contributed by atoms with van der Waals surface area (Å²) >= 11 is 0. The topological polar surface area (TPSA) is 12.0 Å². The quantitative estimate of drug-likeness (QED) is 0.541. The summed E-state index contributed by atoms with van der Waals surface area (Å²) in [7, 11) is 0. The summed E-state index contributed by atoms with van der Waals surface area (Å²) in [5.41, 5.74) is 1.10. The predicted molar refractivity (Wildman–Crippen MR) is 52.9 cm³/mol. The molecule has 13 heavy (non-hydrogen) atoms. The van der Waals surface area contributed by atoms with Gasteiger partial charge in [-0.3, -0.25) is 0 Å². The van der Waals surface area contributed by atoms with Gasteiger partial charge in [0.2, 0.25) is 0 Å². The first-order valence-corrected chi connectivity index (χ1v) is 4.39. The summed E-state index contributed by atoms with van der Waals surface area (Å²) in [5.74, 6) is -0.185. The highest BCUT2D eigenvalue weighted by Crippen LogP contribution is 2.01. The van der Waals surface area contributed by atoms with E-state index in [9.17, 15) is 4.39 Å². The highest BCUT2D eigenvalue weighted by molar-refractivity contribution is 5.15. The highest BCUT2D eigenvalue weighted by atomic mass is 19.1. The van der Waals surface area contributed by atoms with Crippen molar-refractivity contribution in [2.75, 3.05) is 6.54 Å². The second-order valence-electron chi connectivity index (χ2n) is 2.88. The molecule has 0 unspecified atom stereocenters. The molecule has 1 nitrogen and oxygen atoms in total. The Morgan fingerprint density at radius 3 is 2.62 bits per heavy atom. The molecule has 0 heterocycles. The minimum atomic E-state index is -0.185. The zero-order valence-corrected chi connectivity index (χ0v) is 7.59. The Morgan fingerprint density at radius 2 is 2.00 bits per heavy atom. The van der Waals surface area contributed by atoms with Gasteiger partial charge in [-0.25, -0.2) is 4.39 Å². The molecule has 0 radical (unpaired) electrons. The van der Waals surface area contributed by atoms with Gasteiger partial charge >= 0.3 is 0 Å². The second-order valence-corrected chi connectivity index (χ2v) is 2.88. The number of halogens is 1. The normalized spacial score (nSPS) is 9.92. The average Bonchev–Trinajstić information content (AvgIpc) is 2.15. The van der Waals surface area contributed by atoms with Crippen LogP contribution in [-0.4, -0.2) is 6.54 Å². The molecular weight excluding hydrogens is 165 g/mol. The maximum atomic E-state index is 12.5. The van der Waals surface area contributed by atoms with E-state index in [0.717, 1.165) is 25.1 Å². The fourth-order valence-electron chi connectivity index (χ4n) is 1.04. The minimum absolute atomic E-state index is 0.185. The number of benzene rings is 1. The Labute approximate surface area is 78.3 Å². The fourth-order valence-corrected chi connectivity index (χ4v) is 1.04. The van der Waals surface area contributed by atoms with Crippen LogP contribution in [0.2, 0.25) is 0 Å². The Morgan fingerprint density at radius 1 is 1.31 bits per heavy atom. The first-order chi connectivity index (χ1) is 6.33. The number of rotatable bonds is 5. The molecule has 1 rings (SSSR count). The first-order valence-electron chi connectivity index (χ1n) is 4.39. The van der Waals surface area contributed by atoms with Crippen molar-refractivity contribution in [2.45, 2.75) is 13.0 Å². The molecular formula is C11H14FN.